The fraction of sp³-hybridized carbons (Fsp3) is 0.444. The van der Waals surface area contributed by atoms with Crippen LogP contribution in [-0.2, 0) is 13.0 Å². The molecule has 1 heterocycles. The first-order chi connectivity index (χ1) is 12.3. The highest BCUT2D eigenvalue weighted by molar-refractivity contribution is 9.10. The van der Waals surface area contributed by atoms with Gasteiger partial charge in [0.2, 0.25) is 5.88 Å². The molecule has 0 fully saturated rings. The van der Waals surface area contributed by atoms with Crippen LogP contribution in [0.2, 0.25) is 0 Å². The van der Waals surface area contributed by atoms with Gasteiger partial charge >= 0.3 is 0 Å². The number of halogens is 3. The Labute approximate surface area is 158 Å². The van der Waals surface area contributed by atoms with Gasteiger partial charge in [0.05, 0.1) is 0 Å². The van der Waals surface area contributed by atoms with E-state index in [1.54, 1.807) is 4.57 Å². The Morgan fingerprint density at radius 1 is 1.31 bits per heavy atom. The Morgan fingerprint density at radius 3 is 2.65 bits per heavy atom. The molecule has 2 aromatic rings. The van der Waals surface area contributed by atoms with Crippen LogP contribution in [0.4, 0.5) is 8.78 Å². The average Bonchev–Trinajstić information content (AvgIpc) is 2.57. The summed E-state index contributed by atoms with van der Waals surface area (Å²) in [5.41, 5.74) is -0.126. The zero-order valence-corrected chi connectivity index (χ0v) is 16.2. The second kappa shape index (κ2) is 9.23. The van der Waals surface area contributed by atoms with Gasteiger partial charge in [-0.1, -0.05) is 0 Å². The molecule has 1 N–H and O–H groups in total. The van der Waals surface area contributed by atoms with Crippen molar-refractivity contribution < 1.29 is 18.6 Å². The first kappa shape index (κ1) is 20.5. The van der Waals surface area contributed by atoms with E-state index in [4.69, 9.17) is 9.84 Å². The minimum Gasteiger partial charge on any atom is -0.472 e. The zero-order chi connectivity index (χ0) is 19.3. The van der Waals surface area contributed by atoms with E-state index in [0.717, 1.165) is 12.1 Å². The number of aryl methyl sites for hydroxylation is 1. The largest absolute Gasteiger partial charge is 0.472 e. The highest BCUT2D eigenvalue weighted by atomic mass is 79.9. The van der Waals surface area contributed by atoms with Crippen molar-refractivity contribution in [2.45, 2.75) is 45.8 Å². The number of nitrogens with zero attached hydrogens (tertiary/aromatic N) is 2. The van der Waals surface area contributed by atoms with E-state index in [1.807, 2.05) is 13.8 Å². The predicted molar refractivity (Wildman–Crippen MR) is 97.3 cm³/mol. The molecule has 26 heavy (non-hydrogen) atoms. The van der Waals surface area contributed by atoms with Gasteiger partial charge in [-0.3, -0.25) is 9.36 Å². The first-order valence-corrected chi connectivity index (χ1v) is 9.13. The molecular formula is C18H21BrF2N2O3. The van der Waals surface area contributed by atoms with Crippen LogP contribution in [0.3, 0.4) is 0 Å². The van der Waals surface area contributed by atoms with Crippen molar-refractivity contribution in [1.29, 1.82) is 0 Å². The van der Waals surface area contributed by atoms with Crippen LogP contribution in [0.25, 0.3) is 0 Å². The van der Waals surface area contributed by atoms with E-state index in [2.05, 4.69) is 20.9 Å². The monoisotopic (exact) mass is 430 g/mol. The molecule has 142 valence electrons. The molecule has 5 nitrogen and oxygen atoms in total. The maximum absolute atomic E-state index is 13.7. The third kappa shape index (κ3) is 4.88. The van der Waals surface area contributed by atoms with Gasteiger partial charge in [0, 0.05) is 30.7 Å². The van der Waals surface area contributed by atoms with Crippen molar-refractivity contribution in [2.24, 2.45) is 0 Å². The van der Waals surface area contributed by atoms with Gasteiger partial charge in [-0.25, -0.2) is 8.78 Å². The Hall–Kier alpha value is -1.80. The van der Waals surface area contributed by atoms with Gasteiger partial charge in [-0.05, 0) is 54.8 Å². The van der Waals surface area contributed by atoms with Crippen molar-refractivity contribution >= 4 is 15.9 Å². The van der Waals surface area contributed by atoms with E-state index in [0.29, 0.717) is 25.1 Å². The van der Waals surface area contributed by atoms with Gasteiger partial charge in [0.1, 0.15) is 28.5 Å². The van der Waals surface area contributed by atoms with Gasteiger partial charge in [0.15, 0.2) is 0 Å². The molecule has 2 rings (SSSR count). The van der Waals surface area contributed by atoms with Crippen LogP contribution in [0, 0.1) is 11.6 Å². The molecule has 0 amide bonds. The van der Waals surface area contributed by atoms with Crippen molar-refractivity contribution in [3.05, 3.63) is 56.0 Å². The number of aromatic nitrogens is 2. The number of rotatable bonds is 8. The Morgan fingerprint density at radius 2 is 2.04 bits per heavy atom. The lowest BCUT2D eigenvalue weighted by molar-refractivity contribution is 0.277. The fourth-order valence-corrected chi connectivity index (χ4v) is 2.91. The van der Waals surface area contributed by atoms with Gasteiger partial charge < -0.3 is 9.84 Å². The van der Waals surface area contributed by atoms with E-state index < -0.39 is 11.6 Å². The zero-order valence-electron chi connectivity index (χ0n) is 14.6. The minimum absolute atomic E-state index is 0.0645. The van der Waals surface area contributed by atoms with Crippen LogP contribution in [0.15, 0.2) is 27.5 Å². The summed E-state index contributed by atoms with van der Waals surface area (Å²) < 4.78 is 34.0. The SMILES string of the molecule is CC(C)n1c(CCCCO)nc(OCc2ccc(F)cc2F)c(Br)c1=O. The van der Waals surface area contributed by atoms with Crippen LogP contribution in [0.1, 0.15) is 44.1 Å². The standard InChI is InChI=1S/C18H21BrF2N2O3/c1-11(2)23-15(5-3-4-8-24)22-17(16(19)18(23)25)26-10-12-6-7-13(20)9-14(12)21/h6-7,9,11,24H,3-5,8,10H2,1-2H3. The lowest BCUT2D eigenvalue weighted by Gasteiger charge is -2.18. The lowest BCUT2D eigenvalue weighted by atomic mass is 10.2. The van der Waals surface area contributed by atoms with Gasteiger partial charge in [-0.2, -0.15) is 4.98 Å². The minimum atomic E-state index is -0.722. The molecule has 0 saturated heterocycles. The summed E-state index contributed by atoms with van der Waals surface area (Å²) >= 11 is 3.20. The van der Waals surface area contributed by atoms with Crippen LogP contribution in [-0.4, -0.2) is 21.3 Å². The Bertz CT molecular complexity index is 825. The fourth-order valence-electron chi connectivity index (χ4n) is 2.52. The second-order valence-corrected chi connectivity index (χ2v) is 6.91. The third-order valence-electron chi connectivity index (χ3n) is 3.81. The normalized spacial score (nSPS) is 11.2. The smallest absolute Gasteiger partial charge is 0.272 e. The summed E-state index contributed by atoms with van der Waals surface area (Å²) in [5, 5.41) is 8.95. The molecule has 0 saturated carbocycles. The van der Waals surface area contributed by atoms with Crippen LogP contribution < -0.4 is 10.3 Å². The maximum atomic E-state index is 13.7. The summed E-state index contributed by atoms with van der Waals surface area (Å²) in [5.74, 6) is -0.790. The molecule has 0 spiro atoms. The molecule has 0 atom stereocenters. The number of aliphatic hydroxyl groups is 1. The number of hydrogen-bond donors (Lipinski definition) is 1. The van der Waals surface area contributed by atoms with Crippen LogP contribution in [0.5, 0.6) is 5.88 Å². The Balaban J connectivity index is 2.31. The number of unbranched alkanes of at least 4 members (excludes halogenated alkanes) is 1. The highest BCUT2D eigenvalue weighted by Crippen LogP contribution is 2.23. The Kier molecular flexibility index (Phi) is 7.28. The molecule has 0 unspecified atom stereocenters. The molecular weight excluding hydrogens is 410 g/mol. The van der Waals surface area contributed by atoms with E-state index in [1.165, 1.54) is 6.07 Å². The average molecular weight is 431 g/mol. The predicted octanol–water partition coefficient (Wildman–Crippen LogP) is 3.76. The van der Waals surface area contributed by atoms with Gasteiger partial charge in [-0.15, -0.1) is 0 Å². The maximum Gasteiger partial charge on any atom is 0.272 e. The van der Waals surface area contributed by atoms with Crippen molar-refractivity contribution in [1.82, 2.24) is 9.55 Å². The number of ether oxygens (including phenoxy) is 1. The quantitative estimate of drug-likeness (QED) is 0.647. The molecule has 8 heteroatoms. The van der Waals surface area contributed by atoms with E-state index >= 15 is 0 Å². The van der Waals surface area contributed by atoms with E-state index in [9.17, 15) is 13.6 Å². The van der Waals surface area contributed by atoms with Crippen molar-refractivity contribution in [2.75, 3.05) is 6.61 Å². The summed E-state index contributed by atoms with van der Waals surface area (Å²) in [6, 6.07) is 3.11. The van der Waals surface area contributed by atoms with Gasteiger partial charge in [0.25, 0.3) is 5.56 Å². The number of hydrogen-bond acceptors (Lipinski definition) is 4. The van der Waals surface area contributed by atoms with Crippen molar-refractivity contribution in [3.63, 3.8) is 0 Å². The van der Waals surface area contributed by atoms with E-state index in [-0.39, 0.29) is 40.7 Å². The first-order valence-electron chi connectivity index (χ1n) is 8.33. The molecule has 0 aliphatic rings. The topological polar surface area (TPSA) is 64.3 Å². The summed E-state index contributed by atoms with van der Waals surface area (Å²) in [6.07, 6.45) is 1.77. The summed E-state index contributed by atoms with van der Waals surface area (Å²) in [7, 11) is 0. The second-order valence-electron chi connectivity index (χ2n) is 6.12. The summed E-state index contributed by atoms with van der Waals surface area (Å²) in [6.45, 7) is 3.63. The third-order valence-corrected chi connectivity index (χ3v) is 4.49. The molecule has 0 radical (unpaired) electrons. The molecule has 0 aliphatic carbocycles. The number of benzene rings is 1. The van der Waals surface area contributed by atoms with Crippen LogP contribution >= 0.6 is 15.9 Å². The molecule has 1 aromatic carbocycles. The molecule has 1 aromatic heterocycles. The highest BCUT2D eigenvalue weighted by Gasteiger charge is 2.18. The lowest BCUT2D eigenvalue weighted by Crippen LogP contribution is -2.28. The molecule has 0 aliphatic heterocycles. The van der Waals surface area contributed by atoms with Crippen molar-refractivity contribution in [3.8, 4) is 5.88 Å². The summed E-state index contributed by atoms with van der Waals surface area (Å²) in [4.78, 5) is 17.0. The molecule has 0 bridgehead atoms. The number of aliphatic hydroxyl groups excluding tert-OH is 1.